The maximum absolute atomic E-state index is 12.4. The van der Waals surface area contributed by atoms with Crippen molar-refractivity contribution in [3.8, 4) is 0 Å². The Morgan fingerprint density at radius 3 is 2.75 bits per heavy atom. The molecule has 20 heavy (non-hydrogen) atoms. The second-order valence-corrected chi connectivity index (χ2v) is 6.99. The van der Waals surface area contributed by atoms with Gasteiger partial charge in [0.1, 0.15) is 10.3 Å². The first kappa shape index (κ1) is 12.3. The number of amides is 1. The van der Waals surface area contributed by atoms with Crippen LogP contribution < -0.4 is 5.32 Å². The summed E-state index contributed by atoms with van der Waals surface area (Å²) in [5, 5.41) is 5.00. The number of carbonyl (C=O) groups excluding carboxylic acids is 1. The largest absolute Gasteiger partial charge is 0.323 e. The topological polar surface area (TPSA) is 54.9 Å². The average molecular weight is 287 g/mol. The van der Waals surface area contributed by atoms with E-state index >= 15 is 0 Å². The van der Waals surface area contributed by atoms with Crippen LogP contribution in [0.25, 0.3) is 10.3 Å². The van der Waals surface area contributed by atoms with E-state index in [-0.39, 0.29) is 11.8 Å². The number of anilines is 1. The van der Waals surface area contributed by atoms with Crippen molar-refractivity contribution in [3.05, 3.63) is 17.8 Å². The highest BCUT2D eigenvalue weighted by atomic mass is 32.1. The van der Waals surface area contributed by atoms with Gasteiger partial charge < -0.3 is 5.32 Å². The normalized spacial score (nSPS) is 31.9. The summed E-state index contributed by atoms with van der Waals surface area (Å²) in [6.45, 7) is 2.33. The second-order valence-electron chi connectivity index (χ2n) is 6.13. The molecule has 2 aromatic rings. The Labute approximate surface area is 121 Å². The number of hydrogen-bond acceptors (Lipinski definition) is 4. The fourth-order valence-electron chi connectivity index (χ4n) is 3.76. The molecule has 2 bridgehead atoms. The van der Waals surface area contributed by atoms with Crippen molar-refractivity contribution in [3.63, 3.8) is 0 Å². The Morgan fingerprint density at radius 2 is 2.00 bits per heavy atom. The molecule has 4 nitrogen and oxygen atoms in total. The van der Waals surface area contributed by atoms with Gasteiger partial charge in [0.15, 0.2) is 0 Å². The van der Waals surface area contributed by atoms with Crippen LogP contribution in [0.1, 0.15) is 26.2 Å². The van der Waals surface area contributed by atoms with E-state index in [1.54, 1.807) is 12.4 Å². The highest BCUT2D eigenvalue weighted by molar-refractivity contribution is 7.17. The number of nitrogens with zero attached hydrogens (tertiary/aromatic N) is 2. The van der Waals surface area contributed by atoms with Crippen LogP contribution in [0.4, 0.5) is 5.69 Å². The van der Waals surface area contributed by atoms with Crippen molar-refractivity contribution in [1.82, 2.24) is 9.97 Å². The Bertz CT molecular complexity index is 656. The van der Waals surface area contributed by atoms with Crippen LogP contribution in [-0.4, -0.2) is 15.9 Å². The molecule has 0 radical (unpaired) electrons. The van der Waals surface area contributed by atoms with Crippen molar-refractivity contribution in [1.29, 1.82) is 0 Å². The van der Waals surface area contributed by atoms with E-state index in [9.17, 15) is 4.79 Å². The van der Waals surface area contributed by atoms with Gasteiger partial charge in [0.05, 0.1) is 5.69 Å². The Kier molecular flexibility index (Phi) is 2.77. The van der Waals surface area contributed by atoms with Gasteiger partial charge in [0.25, 0.3) is 0 Å². The maximum Gasteiger partial charge on any atom is 0.227 e. The van der Waals surface area contributed by atoms with Crippen LogP contribution in [0, 0.1) is 23.7 Å². The molecule has 3 aliphatic rings. The standard InChI is InChI=1S/C15H17N3OS/c1-8-9-4-10(8)6-11(5-9)14(19)18-12-7-20-15-13(12)16-2-3-17-15/h2-3,7-11H,4-6H2,1H3,(H,18,19)/t8?,9-,10?,11+/m0/s1. The molecule has 3 fully saturated rings. The molecule has 0 aromatic carbocycles. The van der Waals surface area contributed by atoms with E-state index in [0.717, 1.165) is 46.6 Å². The average Bonchev–Trinajstić information content (AvgIpc) is 2.90. The van der Waals surface area contributed by atoms with Crippen LogP contribution in [-0.2, 0) is 4.79 Å². The smallest absolute Gasteiger partial charge is 0.227 e. The zero-order valence-electron chi connectivity index (χ0n) is 11.4. The van der Waals surface area contributed by atoms with Gasteiger partial charge in [-0.2, -0.15) is 0 Å². The first-order chi connectivity index (χ1) is 9.72. The van der Waals surface area contributed by atoms with E-state index in [1.165, 1.54) is 17.8 Å². The van der Waals surface area contributed by atoms with E-state index in [1.807, 2.05) is 5.38 Å². The van der Waals surface area contributed by atoms with Crippen molar-refractivity contribution in [2.75, 3.05) is 5.32 Å². The molecule has 104 valence electrons. The van der Waals surface area contributed by atoms with Crippen LogP contribution in [0.5, 0.6) is 0 Å². The van der Waals surface area contributed by atoms with Crippen molar-refractivity contribution >= 4 is 33.3 Å². The lowest BCUT2D eigenvalue weighted by Crippen LogP contribution is -2.45. The fourth-order valence-corrected chi connectivity index (χ4v) is 4.56. The van der Waals surface area contributed by atoms with Gasteiger partial charge in [-0.05, 0) is 37.0 Å². The quantitative estimate of drug-likeness (QED) is 0.922. The third-order valence-corrected chi connectivity index (χ3v) is 5.98. The summed E-state index contributed by atoms with van der Waals surface area (Å²) in [5.41, 5.74) is 1.62. The second kappa shape index (κ2) is 4.52. The van der Waals surface area contributed by atoms with Crippen LogP contribution in [0.3, 0.4) is 0 Å². The van der Waals surface area contributed by atoms with E-state index in [0.29, 0.717) is 0 Å². The van der Waals surface area contributed by atoms with Gasteiger partial charge in [-0.3, -0.25) is 4.79 Å². The highest BCUT2D eigenvalue weighted by Crippen LogP contribution is 2.52. The fraction of sp³-hybridized carbons (Fsp3) is 0.533. The first-order valence-corrected chi connectivity index (χ1v) is 8.09. The number of thiophene rings is 1. The van der Waals surface area contributed by atoms with Gasteiger partial charge >= 0.3 is 0 Å². The van der Waals surface area contributed by atoms with E-state index < -0.39 is 0 Å². The predicted molar refractivity (Wildman–Crippen MR) is 79.5 cm³/mol. The van der Waals surface area contributed by atoms with Gasteiger partial charge in [-0.1, -0.05) is 6.92 Å². The van der Waals surface area contributed by atoms with Crippen molar-refractivity contribution in [2.45, 2.75) is 26.2 Å². The Morgan fingerprint density at radius 1 is 1.25 bits per heavy atom. The number of carbonyl (C=O) groups is 1. The summed E-state index contributed by atoms with van der Waals surface area (Å²) in [6, 6.07) is 0. The summed E-state index contributed by atoms with van der Waals surface area (Å²) in [5.74, 6) is 2.71. The van der Waals surface area contributed by atoms with E-state index in [4.69, 9.17) is 0 Å². The summed E-state index contributed by atoms with van der Waals surface area (Å²) in [7, 11) is 0. The zero-order valence-corrected chi connectivity index (χ0v) is 12.2. The van der Waals surface area contributed by atoms with Gasteiger partial charge in [-0.15, -0.1) is 11.3 Å². The molecule has 0 saturated heterocycles. The number of rotatable bonds is 2. The van der Waals surface area contributed by atoms with Crippen molar-refractivity contribution < 1.29 is 4.79 Å². The zero-order chi connectivity index (χ0) is 13.7. The lowest BCUT2D eigenvalue weighted by Gasteiger charge is -2.50. The minimum absolute atomic E-state index is 0.164. The third-order valence-electron chi connectivity index (χ3n) is 5.10. The molecule has 3 aliphatic carbocycles. The van der Waals surface area contributed by atoms with Crippen LogP contribution >= 0.6 is 11.3 Å². The summed E-state index contributed by atoms with van der Waals surface area (Å²) in [4.78, 5) is 21.9. The first-order valence-electron chi connectivity index (χ1n) is 7.21. The molecule has 1 amide bonds. The molecule has 4 atom stereocenters. The molecule has 2 heterocycles. The highest BCUT2D eigenvalue weighted by Gasteiger charge is 2.46. The summed E-state index contributed by atoms with van der Waals surface area (Å²) < 4.78 is 0. The van der Waals surface area contributed by atoms with Crippen molar-refractivity contribution in [2.24, 2.45) is 23.7 Å². The summed E-state index contributed by atoms with van der Waals surface area (Å²) >= 11 is 1.52. The molecule has 0 spiro atoms. The number of aromatic nitrogens is 2. The molecule has 2 unspecified atom stereocenters. The molecular weight excluding hydrogens is 270 g/mol. The number of nitrogens with one attached hydrogen (secondary N) is 1. The number of hydrogen-bond donors (Lipinski definition) is 1. The van der Waals surface area contributed by atoms with Gasteiger partial charge in [0, 0.05) is 23.7 Å². The SMILES string of the molecule is CC1C2C[C@H](C(=O)Nc3csc4nccnc34)C[C@@H]1C2. The molecule has 5 rings (SSSR count). The lowest BCUT2D eigenvalue weighted by molar-refractivity contribution is -0.126. The maximum atomic E-state index is 12.4. The Balaban J connectivity index is 1.50. The van der Waals surface area contributed by atoms with Crippen LogP contribution in [0.15, 0.2) is 17.8 Å². The van der Waals surface area contributed by atoms with E-state index in [2.05, 4.69) is 22.2 Å². The molecule has 2 aromatic heterocycles. The Hall–Kier alpha value is -1.49. The van der Waals surface area contributed by atoms with Crippen LogP contribution in [0.2, 0.25) is 0 Å². The molecule has 5 heteroatoms. The van der Waals surface area contributed by atoms with Gasteiger partial charge in [-0.25, -0.2) is 9.97 Å². The molecular formula is C15H17N3OS. The monoisotopic (exact) mass is 287 g/mol. The predicted octanol–water partition coefficient (Wildman–Crippen LogP) is 3.31. The lowest BCUT2D eigenvalue weighted by atomic mass is 9.55. The third kappa shape index (κ3) is 1.84. The number of fused-ring (bicyclic) bond motifs is 3. The minimum atomic E-state index is 0.164. The van der Waals surface area contributed by atoms with Gasteiger partial charge in [0.2, 0.25) is 5.91 Å². The molecule has 0 aliphatic heterocycles. The molecule has 3 saturated carbocycles. The minimum Gasteiger partial charge on any atom is -0.323 e. The molecule has 1 N–H and O–H groups in total. The summed E-state index contributed by atoms with van der Waals surface area (Å²) in [6.07, 6.45) is 6.79.